The Balaban J connectivity index is 1.76. The summed E-state index contributed by atoms with van der Waals surface area (Å²) in [5.41, 5.74) is 2.03. The Morgan fingerprint density at radius 3 is 2.75 bits per heavy atom. The summed E-state index contributed by atoms with van der Waals surface area (Å²) in [6, 6.07) is 9.96. The largest absolute Gasteiger partial charge is 0.371 e. The SMILES string of the molecule is O=C(Nc1cccc(N2CCCC2)c1)c1sccc1Br. The van der Waals surface area contributed by atoms with Crippen molar-refractivity contribution in [2.45, 2.75) is 12.8 Å². The number of carbonyl (C=O) groups excluding carboxylic acids is 1. The van der Waals surface area contributed by atoms with E-state index >= 15 is 0 Å². The first-order chi connectivity index (χ1) is 9.74. The van der Waals surface area contributed by atoms with Crippen molar-refractivity contribution < 1.29 is 4.79 Å². The molecule has 104 valence electrons. The fraction of sp³-hybridized carbons (Fsp3) is 0.267. The number of carbonyl (C=O) groups is 1. The lowest BCUT2D eigenvalue weighted by atomic mass is 10.2. The molecular weight excluding hydrogens is 336 g/mol. The zero-order valence-corrected chi connectivity index (χ0v) is 13.3. The van der Waals surface area contributed by atoms with Crippen molar-refractivity contribution in [3.05, 3.63) is 45.1 Å². The van der Waals surface area contributed by atoms with E-state index < -0.39 is 0 Å². The van der Waals surface area contributed by atoms with Gasteiger partial charge in [0.25, 0.3) is 5.91 Å². The van der Waals surface area contributed by atoms with Gasteiger partial charge >= 0.3 is 0 Å². The third-order valence-electron chi connectivity index (χ3n) is 3.40. The van der Waals surface area contributed by atoms with E-state index in [0.717, 1.165) is 23.2 Å². The van der Waals surface area contributed by atoms with E-state index in [1.54, 1.807) is 0 Å². The number of nitrogens with one attached hydrogen (secondary N) is 1. The molecule has 1 amide bonds. The first-order valence-corrected chi connectivity index (χ1v) is 8.31. The van der Waals surface area contributed by atoms with E-state index in [4.69, 9.17) is 0 Å². The van der Waals surface area contributed by atoms with Gasteiger partial charge in [-0.3, -0.25) is 4.79 Å². The molecule has 1 fully saturated rings. The van der Waals surface area contributed by atoms with Gasteiger partial charge in [-0.1, -0.05) is 6.07 Å². The van der Waals surface area contributed by atoms with Crippen LogP contribution in [0.1, 0.15) is 22.5 Å². The zero-order chi connectivity index (χ0) is 13.9. The highest BCUT2D eigenvalue weighted by atomic mass is 79.9. The lowest BCUT2D eigenvalue weighted by Crippen LogP contribution is -2.18. The molecule has 0 saturated carbocycles. The van der Waals surface area contributed by atoms with Gasteiger partial charge in [-0.15, -0.1) is 11.3 Å². The number of nitrogens with zero attached hydrogens (tertiary/aromatic N) is 1. The summed E-state index contributed by atoms with van der Waals surface area (Å²) in [5.74, 6) is -0.0644. The summed E-state index contributed by atoms with van der Waals surface area (Å²) in [6.45, 7) is 2.21. The minimum Gasteiger partial charge on any atom is -0.371 e. The van der Waals surface area contributed by atoms with Gasteiger partial charge in [-0.25, -0.2) is 0 Å². The summed E-state index contributed by atoms with van der Waals surface area (Å²) in [5, 5.41) is 4.87. The third kappa shape index (κ3) is 2.88. The molecule has 5 heteroatoms. The van der Waals surface area contributed by atoms with Crippen LogP contribution in [0.15, 0.2) is 40.2 Å². The molecule has 1 aromatic heterocycles. The molecule has 1 saturated heterocycles. The Labute approximate surface area is 130 Å². The first kappa shape index (κ1) is 13.6. The topological polar surface area (TPSA) is 32.3 Å². The Hall–Kier alpha value is -1.33. The number of amides is 1. The summed E-state index contributed by atoms with van der Waals surface area (Å²) >= 11 is 4.83. The summed E-state index contributed by atoms with van der Waals surface area (Å²) < 4.78 is 0.843. The molecule has 1 aromatic carbocycles. The minimum atomic E-state index is -0.0644. The number of rotatable bonds is 3. The molecule has 3 rings (SSSR count). The van der Waals surface area contributed by atoms with E-state index in [-0.39, 0.29) is 5.91 Å². The van der Waals surface area contributed by atoms with E-state index in [0.29, 0.717) is 4.88 Å². The predicted octanol–water partition coefficient (Wildman–Crippen LogP) is 4.36. The molecule has 0 atom stereocenters. The van der Waals surface area contributed by atoms with Crippen LogP contribution in [0.4, 0.5) is 11.4 Å². The van der Waals surface area contributed by atoms with Crippen LogP contribution in [0, 0.1) is 0 Å². The fourth-order valence-corrected chi connectivity index (χ4v) is 3.85. The fourth-order valence-electron chi connectivity index (χ4n) is 2.40. The van der Waals surface area contributed by atoms with E-state index in [1.165, 1.54) is 29.9 Å². The molecule has 0 spiro atoms. The van der Waals surface area contributed by atoms with Gasteiger partial charge in [0.05, 0.1) is 0 Å². The van der Waals surface area contributed by atoms with Gasteiger partial charge in [-0.05, 0) is 58.4 Å². The molecular formula is C15H15BrN2OS. The highest BCUT2D eigenvalue weighted by Crippen LogP contribution is 2.26. The van der Waals surface area contributed by atoms with Gasteiger partial charge in [0.1, 0.15) is 4.88 Å². The normalized spacial score (nSPS) is 14.6. The van der Waals surface area contributed by atoms with Crippen LogP contribution in [-0.4, -0.2) is 19.0 Å². The van der Waals surface area contributed by atoms with Gasteiger partial charge in [0.15, 0.2) is 0 Å². The van der Waals surface area contributed by atoms with Crippen molar-refractivity contribution in [3.8, 4) is 0 Å². The van der Waals surface area contributed by atoms with Crippen LogP contribution in [-0.2, 0) is 0 Å². The maximum atomic E-state index is 12.2. The smallest absolute Gasteiger partial charge is 0.266 e. The second-order valence-electron chi connectivity index (χ2n) is 4.80. The maximum absolute atomic E-state index is 12.2. The van der Waals surface area contributed by atoms with Gasteiger partial charge in [0, 0.05) is 28.9 Å². The van der Waals surface area contributed by atoms with E-state index in [9.17, 15) is 4.79 Å². The Bertz CT molecular complexity index is 620. The van der Waals surface area contributed by atoms with Gasteiger partial charge in [0.2, 0.25) is 0 Å². The average Bonchev–Trinajstić information content (AvgIpc) is 3.09. The highest BCUT2D eigenvalue weighted by molar-refractivity contribution is 9.10. The standard InChI is InChI=1S/C15H15BrN2OS/c16-13-6-9-20-14(13)15(19)17-11-4-3-5-12(10-11)18-7-1-2-8-18/h3-6,9-10H,1-2,7-8H2,(H,17,19). The average molecular weight is 351 g/mol. The van der Waals surface area contributed by atoms with Crippen LogP contribution in [0.25, 0.3) is 0 Å². The van der Waals surface area contributed by atoms with Crippen molar-refractivity contribution in [3.63, 3.8) is 0 Å². The monoisotopic (exact) mass is 350 g/mol. The Morgan fingerprint density at radius 1 is 1.25 bits per heavy atom. The van der Waals surface area contributed by atoms with Crippen LogP contribution in [0.5, 0.6) is 0 Å². The second kappa shape index (κ2) is 5.97. The quantitative estimate of drug-likeness (QED) is 0.891. The minimum absolute atomic E-state index is 0.0644. The molecule has 1 N–H and O–H groups in total. The van der Waals surface area contributed by atoms with Crippen molar-refractivity contribution >= 4 is 44.5 Å². The molecule has 1 aliphatic rings. The number of halogens is 1. The summed E-state index contributed by atoms with van der Waals surface area (Å²) in [6.07, 6.45) is 2.50. The molecule has 0 radical (unpaired) electrons. The number of hydrogen-bond acceptors (Lipinski definition) is 3. The first-order valence-electron chi connectivity index (χ1n) is 6.63. The molecule has 3 nitrogen and oxygen atoms in total. The summed E-state index contributed by atoms with van der Waals surface area (Å²) in [4.78, 5) is 15.2. The highest BCUT2D eigenvalue weighted by Gasteiger charge is 2.14. The molecule has 1 aliphatic heterocycles. The summed E-state index contributed by atoms with van der Waals surface area (Å²) in [7, 11) is 0. The van der Waals surface area contributed by atoms with Crippen molar-refractivity contribution in [2.75, 3.05) is 23.3 Å². The van der Waals surface area contributed by atoms with Gasteiger partial charge < -0.3 is 10.2 Å². The Morgan fingerprint density at radius 2 is 2.05 bits per heavy atom. The number of benzene rings is 1. The van der Waals surface area contributed by atoms with Crippen molar-refractivity contribution in [2.24, 2.45) is 0 Å². The van der Waals surface area contributed by atoms with Crippen LogP contribution >= 0.6 is 27.3 Å². The Kier molecular flexibility index (Phi) is 4.08. The maximum Gasteiger partial charge on any atom is 0.266 e. The molecule has 2 heterocycles. The molecule has 0 bridgehead atoms. The van der Waals surface area contributed by atoms with Crippen LogP contribution < -0.4 is 10.2 Å². The molecule has 20 heavy (non-hydrogen) atoms. The van der Waals surface area contributed by atoms with Crippen molar-refractivity contribution in [1.29, 1.82) is 0 Å². The van der Waals surface area contributed by atoms with E-state index in [1.807, 2.05) is 29.6 Å². The lowest BCUT2D eigenvalue weighted by molar-refractivity contribution is 0.103. The van der Waals surface area contributed by atoms with E-state index in [2.05, 4.69) is 32.2 Å². The lowest BCUT2D eigenvalue weighted by Gasteiger charge is -2.18. The third-order valence-corrected chi connectivity index (χ3v) is 5.24. The zero-order valence-electron chi connectivity index (χ0n) is 10.9. The van der Waals surface area contributed by atoms with Crippen LogP contribution in [0.2, 0.25) is 0 Å². The molecule has 2 aromatic rings. The predicted molar refractivity (Wildman–Crippen MR) is 87.9 cm³/mol. The number of thiophene rings is 1. The number of hydrogen-bond donors (Lipinski definition) is 1. The molecule has 0 aliphatic carbocycles. The number of anilines is 2. The van der Waals surface area contributed by atoms with Crippen molar-refractivity contribution in [1.82, 2.24) is 0 Å². The molecule has 0 unspecified atom stereocenters. The van der Waals surface area contributed by atoms with Crippen LogP contribution in [0.3, 0.4) is 0 Å². The van der Waals surface area contributed by atoms with Gasteiger partial charge in [-0.2, -0.15) is 0 Å². The second-order valence-corrected chi connectivity index (χ2v) is 6.57.